The van der Waals surface area contributed by atoms with Crippen molar-refractivity contribution in [3.63, 3.8) is 0 Å². The predicted octanol–water partition coefficient (Wildman–Crippen LogP) is 3.76. The minimum atomic E-state index is -0.291. The van der Waals surface area contributed by atoms with Crippen LogP contribution < -0.4 is 15.0 Å². The van der Waals surface area contributed by atoms with Gasteiger partial charge in [0.15, 0.2) is 17.1 Å². The second-order valence-corrected chi connectivity index (χ2v) is 5.38. The highest BCUT2D eigenvalue weighted by Crippen LogP contribution is 2.28. The van der Waals surface area contributed by atoms with Gasteiger partial charge in [-0.1, -0.05) is 12.1 Å². The Bertz CT molecular complexity index is 835. The van der Waals surface area contributed by atoms with E-state index in [0.717, 1.165) is 11.1 Å². The summed E-state index contributed by atoms with van der Waals surface area (Å²) >= 11 is 0. The number of fused-ring (bicyclic) bond motifs is 1. The van der Waals surface area contributed by atoms with Crippen LogP contribution in [0.15, 0.2) is 52.9 Å². The zero-order valence-electron chi connectivity index (χ0n) is 13.3. The van der Waals surface area contributed by atoms with E-state index >= 15 is 0 Å². The minimum absolute atomic E-state index is 0.251. The number of nitrogens with zero attached hydrogens (tertiary/aromatic N) is 1. The smallest absolute Gasteiger partial charge is 0.291 e. The van der Waals surface area contributed by atoms with Crippen molar-refractivity contribution in [2.45, 2.75) is 0 Å². The van der Waals surface area contributed by atoms with Crippen molar-refractivity contribution < 1.29 is 13.9 Å². The highest BCUT2D eigenvalue weighted by molar-refractivity contribution is 6.05. The van der Waals surface area contributed by atoms with Gasteiger partial charge in [-0.2, -0.15) is 0 Å². The third kappa shape index (κ3) is 2.99. The number of ether oxygens (including phenoxy) is 1. The molecule has 0 spiro atoms. The van der Waals surface area contributed by atoms with E-state index in [4.69, 9.17) is 9.15 Å². The summed E-state index contributed by atoms with van der Waals surface area (Å²) in [6, 6.07) is 14.8. The van der Waals surface area contributed by atoms with Crippen LogP contribution in [0.25, 0.3) is 11.0 Å². The van der Waals surface area contributed by atoms with Gasteiger partial charge >= 0.3 is 0 Å². The lowest BCUT2D eigenvalue weighted by Crippen LogP contribution is -2.11. The molecule has 0 radical (unpaired) electrons. The zero-order chi connectivity index (χ0) is 16.4. The highest BCUT2D eigenvalue weighted by atomic mass is 16.5. The van der Waals surface area contributed by atoms with Crippen LogP contribution in [0.4, 0.5) is 11.4 Å². The molecule has 0 aliphatic carbocycles. The third-order valence-corrected chi connectivity index (χ3v) is 3.59. The first kappa shape index (κ1) is 15.0. The van der Waals surface area contributed by atoms with Crippen molar-refractivity contribution in [1.82, 2.24) is 0 Å². The number of carbonyl (C=O) groups is 1. The Morgan fingerprint density at radius 1 is 1.13 bits per heavy atom. The number of amides is 1. The fourth-order valence-corrected chi connectivity index (χ4v) is 2.34. The van der Waals surface area contributed by atoms with Crippen LogP contribution in [0.2, 0.25) is 0 Å². The number of benzene rings is 2. The number of methoxy groups -OCH3 is 1. The van der Waals surface area contributed by atoms with Crippen LogP contribution in [0.3, 0.4) is 0 Å². The van der Waals surface area contributed by atoms with Gasteiger partial charge in [0.05, 0.1) is 7.11 Å². The summed E-state index contributed by atoms with van der Waals surface area (Å²) in [6.45, 7) is 0. The average Bonchev–Trinajstić information content (AvgIpc) is 2.99. The molecule has 5 nitrogen and oxygen atoms in total. The topological polar surface area (TPSA) is 54.7 Å². The SMILES string of the molecule is COc1cccc2cc(C(=O)Nc3ccc(N(C)C)cc3)oc12. The molecule has 3 rings (SSSR count). The van der Waals surface area contributed by atoms with Gasteiger partial charge in [0.2, 0.25) is 0 Å². The molecule has 0 aliphatic rings. The van der Waals surface area contributed by atoms with E-state index in [1.165, 1.54) is 0 Å². The summed E-state index contributed by atoms with van der Waals surface area (Å²) in [7, 11) is 5.51. The number of carbonyl (C=O) groups excluding carboxylic acids is 1. The molecule has 5 heteroatoms. The molecule has 1 aromatic heterocycles. The van der Waals surface area contributed by atoms with Crippen molar-refractivity contribution in [2.75, 3.05) is 31.4 Å². The van der Waals surface area contributed by atoms with Crippen LogP contribution in [-0.2, 0) is 0 Å². The van der Waals surface area contributed by atoms with Crippen molar-refractivity contribution in [1.29, 1.82) is 0 Å². The minimum Gasteiger partial charge on any atom is -0.493 e. The van der Waals surface area contributed by atoms with Gasteiger partial charge in [-0.15, -0.1) is 0 Å². The van der Waals surface area contributed by atoms with E-state index in [0.29, 0.717) is 17.0 Å². The van der Waals surface area contributed by atoms with Crippen molar-refractivity contribution in [3.8, 4) is 5.75 Å². The lowest BCUT2D eigenvalue weighted by molar-refractivity contribution is 0.0998. The Kier molecular flexibility index (Phi) is 3.93. The third-order valence-electron chi connectivity index (χ3n) is 3.59. The molecule has 23 heavy (non-hydrogen) atoms. The van der Waals surface area contributed by atoms with E-state index in [1.807, 2.05) is 55.4 Å². The number of furan rings is 1. The first-order chi connectivity index (χ1) is 11.1. The first-order valence-electron chi connectivity index (χ1n) is 7.24. The van der Waals surface area contributed by atoms with E-state index in [9.17, 15) is 4.79 Å². The molecule has 0 saturated carbocycles. The second-order valence-electron chi connectivity index (χ2n) is 5.38. The Hall–Kier alpha value is -2.95. The molecule has 2 aromatic carbocycles. The molecule has 0 saturated heterocycles. The Balaban J connectivity index is 1.83. The fourth-order valence-electron chi connectivity index (χ4n) is 2.34. The molecular weight excluding hydrogens is 292 g/mol. The molecule has 0 bridgehead atoms. The summed E-state index contributed by atoms with van der Waals surface area (Å²) in [5.74, 6) is 0.568. The fraction of sp³-hybridized carbons (Fsp3) is 0.167. The van der Waals surface area contributed by atoms with Crippen molar-refractivity contribution >= 4 is 28.3 Å². The Morgan fingerprint density at radius 2 is 1.87 bits per heavy atom. The van der Waals surface area contributed by atoms with Gasteiger partial charge in [0, 0.05) is 30.9 Å². The molecule has 3 aromatic rings. The Morgan fingerprint density at radius 3 is 2.52 bits per heavy atom. The quantitative estimate of drug-likeness (QED) is 0.797. The number of nitrogens with one attached hydrogen (secondary N) is 1. The Labute approximate surface area is 134 Å². The lowest BCUT2D eigenvalue weighted by atomic mass is 10.2. The van der Waals surface area contributed by atoms with Gasteiger partial charge in [0.1, 0.15) is 0 Å². The van der Waals surface area contributed by atoms with Gasteiger partial charge in [0.25, 0.3) is 5.91 Å². The number of rotatable bonds is 4. The van der Waals surface area contributed by atoms with Crippen molar-refractivity contribution in [2.24, 2.45) is 0 Å². The predicted molar refractivity (Wildman–Crippen MR) is 91.5 cm³/mol. The maximum Gasteiger partial charge on any atom is 0.291 e. The molecule has 1 amide bonds. The van der Waals surface area contributed by atoms with Crippen LogP contribution >= 0.6 is 0 Å². The first-order valence-corrected chi connectivity index (χ1v) is 7.24. The molecule has 0 unspecified atom stereocenters. The van der Waals surface area contributed by atoms with Crippen molar-refractivity contribution in [3.05, 3.63) is 54.3 Å². The van der Waals surface area contributed by atoms with Gasteiger partial charge in [-0.25, -0.2) is 0 Å². The zero-order valence-corrected chi connectivity index (χ0v) is 13.3. The van der Waals surface area contributed by atoms with E-state index in [-0.39, 0.29) is 11.7 Å². The largest absolute Gasteiger partial charge is 0.493 e. The van der Waals surface area contributed by atoms with Gasteiger partial charge in [-0.05, 0) is 36.4 Å². The normalized spacial score (nSPS) is 10.6. The number of hydrogen-bond donors (Lipinski definition) is 1. The van der Waals surface area contributed by atoms with Crippen LogP contribution in [-0.4, -0.2) is 27.1 Å². The van der Waals surface area contributed by atoms with Gasteiger partial charge < -0.3 is 19.4 Å². The summed E-state index contributed by atoms with van der Waals surface area (Å²) in [5.41, 5.74) is 2.35. The number of anilines is 2. The molecule has 0 fully saturated rings. The number of para-hydroxylation sites is 1. The summed E-state index contributed by atoms with van der Waals surface area (Å²) < 4.78 is 10.9. The monoisotopic (exact) mass is 310 g/mol. The second kappa shape index (κ2) is 6.04. The van der Waals surface area contributed by atoms with Crippen LogP contribution in [0, 0.1) is 0 Å². The maximum atomic E-state index is 12.3. The van der Waals surface area contributed by atoms with Crippen LogP contribution in [0.5, 0.6) is 5.75 Å². The standard InChI is InChI=1S/C18H18N2O3/c1-20(2)14-9-7-13(8-10-14)19-18(21)16-11-12-5-4-6-15(22-3)17(12)23-16/h4-11H,1-3H3,(H,19,21). The summed E-state index contributed by atoms with van der Waals surface area (Å²) in [6.07, 6.45) is 0. The summed E-state index contributed by atoms with van der Waals surface area (Å²) in [5, 5.41) is 3.66. The molecule has 1 N–H and O–H groups in total. The lowest BCUT2D eigenvalue weighted by Gasteiger charge is -2.12. The van der Waals surface area contributed by atoms with E-state index in [1.54, 1.807) is 19.2 Å². The van der Waals surface area contributed by atoms with Gasteiger partial charge in [-0.3, -0.25) is 4.79 Å². The summed E-state index contributed by atoms with van der Waals surface area (Å²) in [4.78, 5) is 14.3. The van der Waals surface area contributed by atoms with E-state index < -0.39 is 0 Å². The van der Waals surface area contributed by atoms with Crippen LogP contribution in [0.1, 0.15) is 10.6 Å². The molecule has 118 valence electrons. The number of hydrogen-bond acceptors (Lipinski definition) is 4. The van der Waals surface area contributed by atoms with E-state index in [2.05, 4.69) is 5.32 Å². The molecule has 0 atom stereocenters. The average molecular weight is 310 g/mol. The highest BCUT2D eigenvalue weighted by Gasteiger charge is 2.15. The molecule has 1 heterocycles. The molecule has 0 aliphatic heterocycles. The molecular formula is C18H18N2O3. The maximum absolute atomic E-state index is 12.3.